The van der Waals surface area contributed by atoms with Gasteiger partial charge in [0.05, 0.1) is 13.1 Å². The number of likely N-dealkylation sites (N-methyl/N-ethyl adjacent to an activating group) is 1. The van der Waals surface area contributed by atoms with Crippen molar-refractivity contribution in [3.8, 4) is 11.8 Å². The molecule has 1 aliphatic heterocycles. The summed E-state index contributed by atoms with van der Waals surface area (Å²) in [7, 11) is -4.71. The Kier molecular flexibility index (Phi) is 10.1. The Balaban J connectivity index is 2.85. The van der Waals surface area contributed by atoms with Crippen molar-refractivity contribution in [2.75, 3.05) is 20.1 Å². The molecule has 1 heterocycles. The molecule has 2 N–H and O–H groups in total. The van der Waals surface area contributed by atoms with Crippen LogP contribution < -0.4 is 5.14 Å². The SMILES string of the molecule is CN1CC(=O)OB(C(C#CCCC(Cl)CC(Cl)(Cl)Cl)OS(N)(=O)=O)OC(=O)C1. The molecule has 1 fully saturated rings. The van der Waals surface area contributed by atoms with Crippen molar-refractivity contribution < 1.29 is 31.5 Å². The lowest BCUT2D eigenvalue weighted by Gasteiger charge is -2.24. The third kappa shape index (κ3) is 11.5. The number of halogens is 4. The first-order valence-electron chi connectivity index (χ1n) is 7.73. The molecule has 0 aromatic carbocycles. The lowest BCUT2D eigenvalue weighted by molar-refractivity contribution is -0.146. The van der Waals surface area contributed by atoms with Crippen LogP contribution in [0.5, 0.6) is 0 Å². The van der Waals surface area contributed by atoms with E-state index < -0.39 is 44.5 Å². The Labute approximate surface area is 183 Å². The molecule has 2 unspecified atom stereocenters. The summed E-state index contributed by atoms with van der Waals surface area (Å²) >= 11 is 22.9. The van der Waals surface area contributed by atoms with E-state index in [4.69, 9.17) is 60.9 Å². The first kappa shape index (κ1) is 25.6. The second-order valence-corrected chi connectivity index (χ2v) is 10.1. The van der Waals surface area contributed by atoms with E-state index in [0.29, 0.717) is 6.42 Å². The molecule has 1 rings (SSSR count). The van der Waals surface area contributed by atoms with E-state index in [0.717, 1.165) is 0 Å². The minimum absolute atomic E-state index is 0.0728. The van der Waals surface area contributed by atoms with Crippen molar-refractivity contribution in [1.29, 1.82) is 0 Å². The van der Waals surface area contributed by atoms with Crippen LogP contribution in [0.1, 0.15) is 19.3 Å². The molecule has 0 amide bonds. The molecular weight excluding hydrogens is 481 g/mol. The van der Waals surface area contributed by atoms with Gasteiger partial charge in [-0.2, -0.15) is 8.42 Å². The first-order chi connectivity index (χ1) is 12.7. The zero-order valence-electron chi connectivity index (χ0n) is 14.6. The summed E-state index contributed by atoms with van der Waals surface area (Å²) in [6.07, 6.45) is 0.541. The minimum Gasteiger partial charge on any atom is -0.496 e. The predicted octanol–water partition coefficient (Wildman–Crippen LogP) is 0.786. The van der Waals surface area contributed by atoms with Gasteiger partial charge in [-0.3, -0.25) is 14.5 Å². The van der Waals surface area contributed by atoms with E-state index in [1.165, 1.54) is 11.9 Å². The maximum absolute atomic E-state index is 11.8. The standard InChI is InChI=1S/C13H17BCl4N2O7S/c1-20-7-11(21)25-14(26-12(22)8-20)10(27-28(19,23)24)5-3-2-4-9(15)6-13(16,17)18/h9-10H,2,4,6-8H2,1H3,(H2,19,23,24). The van der Waals surface area contributed by atoms with Crippen molar-refractivity contribution in [2.24, 2.45) is 5.14 Å². The lowest BCUT2D eigenvalue weighted by Crippen LogP contribution is -2.49. The third-order valence-electron chi connectivity index (χ3n) is 3.06. The fourth-order valence-electron chi connectivity index (χ4n) is 2.01. The molecule has 1 saturated heterocycles. The molecule has 0 bridgehead atoms. The van der Waals surface area contributed by atoms with Crippen LogP contribution in [0, 0.1) is 11.8 Å². The molecule has 0 spiro atoms. The molecule has 0 aromatic heterocycles. The van der Waals surface area contributed by atoms with Gasteiger partial charge >= 0.3 is 29.4 Å². The number of rotatable bonds is 6. The van der Waals surface area contributed by atoms with Crippen molar-refractivity contribution >= 4 is 75.8 Å². The van der Waals surface area contributed by atoms with Gasteiger partial charge in [0.15, 0.2) is 3.79 Å². The van der Waals surface area contributed by atoms with Crippen molar-refractivity contribution in [2.45, 2.75) is 34.4 Å². The second-order valence-electron chi connectivity index (χ2n) is 5.81. The normalized spacial score (nSPS) is 18.9. The monoisotopic (exact) mass is 496 g/mol. The summed E-state index contributed by atoms with van der Waals surface area (Å²) in [5.41, 5.74) is 0. The van der Waals surface area contributed by atoms with Gasteiger partial charge in [-0.1, -0.05) is 40.7 Å². The zero-order valence-corrected chi connectivity index (χ0v) is 18.4. The predicted molar refractivity (Wildman–Crippen MR) is 105 cm³/mol. The molecule has 158 valence electrons. The molecule has 0 aromatic rings. The lowest BCUT2D eigenvalue weighted by atomic mass is 9.80. The van der Waals surface area contributed by atoms with Crippen molar-refractivity contribution in [3.05, 3.63) is 0 Å². The van der Waals surface area contributed by atoms with E-state index in [2.05, 4.69) is 16.0 Å². The highest BCUT2D eigenvalue weighted by molar-refractivity contribution is 7.84. The van der Waals surface area contributed by atoms with E-state index in [-0.39, 0.29) is 25.9 Å². The molecule has 28 heavy (non-hydrogen) atoms. The Bertz CT molecular complexity index is 717. The van der Waals surface area contributed by atoms with Gasteiger partial charge in [-0.25, -0.2) is 9.32 Å². The summed E-state index contributed by atoms with van der Waals surface area (Å²) < 4.78 is 35.5. The number of alkyl halides is 4. The maximum atomic E-state index is 11.8. The highest BCUT2D eigenvalue weighted by Gasteiger charge is 2.42. The van der Waals surface area contributed by atoms with Crippen molar-refractivity contribution in [1.82, 2.24) is 4.90 Å². The highest BCUT2D eigenvalue weighted by Crippen LogP contribution is 2.34. The van der Waals surface area contributed by atoms with Gasteiger partial charge in [0.25, 0.3) is 0 Å². The highest BCUT2D eigenvalue weighted by atomic mass is 35.6. The Morgan fingerprint density at radius 3 is 2.29 bits per heavy atom. The topological polar surface area (TPSA) is 125 Å². The number of nitrogens with zero attached hydrogens (tertiary/aromatic N) is 1. The Morgan fingerprint density at radius 1 is 1.29 bits per heavy atom. The Morgan fingerprint density at radius 2 is 1.82 bits per heavy atom. The number of nitrogens with two attached hydrogens (primary N) is 1. The van der Waals surface area contributed by atoms with E-state index >= 15 is 0 Å². The number of hydrogen-bond donors (Lipinski definition) is 1. The van der Waals surface area contributed by atoms with Crippen LogP contribution in [0.3, 0.4) is 0 Å². The van der Waals surface area contributed by atoms with Crippen LogP contribution in [0.4, 0.5) is 0 Å². The maximum Gasteiger partial charge on any atom is 0.644 e. The summed E-state index contributed by atoms with van der Waals surface area (Å²) in [6.45, 7) is -0.432. The molecule has 0 saturated carbocycles. The van der Waals surface area contributed by atoms with Gasteiger partial charge in [0, 0.05) is 18.2 Å². The first-order valence-corrected chi connectivity index (χ1v) is 10.8. The van der Waals surface area contributed by atoms with Crippen LogP contribution in [-0.4, -0.2) is 67.7 Å². The van der Waals surface area contributed by atoms with E-state index in [1.54, 1.807) is 0 Å². The van der Waals surface area contributed by atoms with Crippen LogP contribution >= 0.6 is 46.4 Å². The summed E-state index contributed by atoms with van der Waals surface area (Å²) in [5, 5.41) is 4.35. The van der Waals surface area contributed by atoms with E-state index in [1.807, 2.05) is 0 Å². The molecule has 0 radical (unpaired) electrons. The van der Waals surface area contributed by atoms with Gasteiger partial charge in [0.2, 0.25) is 6.00 Å². The fourth-order valence-corrected chi connectivity index (χ4v) is 3.58. The molecule has 0 aliphatic carbocycles. The number of hydrogen-bond acceptors (Lipinski definition) is 8. The number of carbonyl (C=O) groups is 2. The molecular formula is C13H17BCl4N2O7S. The minimum atomic E-state index is -4.49. The van der Waals surface area contributed by atoms with Crippen LogP contribution in [0.15, 0.2) is 0 Å². The molecule has 15 heteroatoms. The van der Waals surface area contributed by atoms with Gasteiger partial charge < -0.3 is 9.31 Å². The fraction of sp³-hybridized carbons (Fsp3) is 0.692. The van der Waals surface area contributed by atoms with E-state index in [9.17, 15) is 18.0 Å². The molecule has 2 atom stereocenters. The Hall–Kier alpha value is -0.445. The zero-order chi connectivity index (χ0) is 21.5. The van der Waals surface area contributed by atoms with Gasteiger partial charge in [-0.15, -0.1) is 17.5 Å². The number of carbonyl (C=O) groups excluding carboxylic acids is 2. The summed E-state index contributed by atoms with van der Waals surface area (Å²) in [6, 6.07) is -1.66. The largest absolute Gasteiger partial charge is 0.644 e. The van der Waals surface area contributed by atoms with Crippen LogP contribution in [0.25, 0.3) is 0 Å². The average molecular weight is 498 g/mol. The third-order valence-corrected chi connectivity index (χ3v) is 4.37. The molecule has 1 aliphatic rings. The van der Waals surface area contributed by atoms with Gasteiger partial charge in [0.1, 0.15) is 0 Å². The second kappa shape index (κ2) is 11.1. The van der Waals surface area contributed by atoms with Crippen LogP contribution in [0.2, 0.25) is 0 Å². The van der Waals surface area contributed by atoms with Crippen molar-refractivity contribution in [3.63, 3.8) is 0 Å². The summed E-state index contributed by atoms with van der Waals surface area (Å²) in [4.78, 5) is 24.9. The van der Waals surface area contributed by atoms with Crippen LogP contribution in [-0.2, 0) is 33.4 Å². The quantitative estimate of drug-likeness (QED) is 0.324. The molecule has 9 nitrogen and oxygen atoms in total. The summed E-state index contributed by atoms with van der Waals surface area (Å²) in [5.74, 6) is 3.46. The average Bonchev–Trinajstić information content (AvgIpc) is 2.44. The smallest absolute Gasteiger partial charge is 0.496 e. The van der Waals surface area contributed by atoms with Gasteiger partial charge in [-0.05, 0) is 13.5 Å².